The summed E-state index contributed by atoms with van der Waals surface area (Å²) in [6, 6.07) is 15.6. The molecule has 1 aliphatic rings. The maximum absolute atomic E-state index is 12.8. The maximum atomic E-state index is 12.8. The Labute approximate surface area is 187 Å². The van der Waals surface area contributed by atoms with Gasteiger partial charge in [0.15, 0.2) is 5.69 Å². The highest BCUT2D eigenvalue weighted by Crippen LogP contribution is 2.20. The number of nitrogens with zero attached hydrogens (tertiary/aromatic N) is 4. The van der Waals surface area contributed by atoms with Gasteiger partial charge in [-0.25, -0.2) is 4.68 Å². The molecular formula is C24H28N6O2. The van der Waals surface area contributed by atoms with Crippen molar-refractivity contribution < 1.29 is 9.59 Å². The van der Waals surface area contributed by atoms with Crippen LogP contribution in [0.15, 0.2) is 48.5 Å². The molecule has 0 bridgehead atoms. The van der Waals surface area contributed by atoms with Crippen LogP contribution in [-0.4, -0.2) is 44.8 Å². The van der Waals surface area contributed by atoms with Gasteiger partial charge in [0.2, 0.25) is 5.91 Å². The second-order valence-corrected chi connectivity index (χ2v) is 8.40. The average Bonchev–Trinajstić information content (AvgIpc) is 3.17. The summed E-state index contributed by atoms with van der Waals surface area (Å²) in [5, 5.41) is 11.1. The van der Waals surface area contributed by atoms with Crippen molar-refractivity contribution in [3.8, 4) is 5.69 Å². The summed E-state index contributed by atoms with van der Waals surface area (Å²) in [5.41, 5.74) is 10.3. The summed E-state index contributed by atoms with van der Waals surface area (Å²) >= 11 is 0. The monoisotopic (exact) mass is 432 g/mol. The molecule has 0 spiro atoms. The number of aryl methyl sites for hydroxylation is 1. The van der Waals surface area contributed by atoms with E-state index in [1.807, 2.05) is 62.4 Å². The average molecular weight is 433 g/mol. The molecule has 32 heavy (non-hydrogen) atoms. The Kier molecular flexibility index (Phi) is 6.32. The van der Waals surface area contributed by atoms with Gasteiger partial charge in [-0.05, 0) is 63.1 Å². The molecule has 166 valence electrons. The lowest BCUT2D eigenvalue weighted by Crippen LogP contribution is -2.40. The number of nitrogens with two attached hydrogens (primary N) is 1. The molecule has 3 aromatic rings. The first kappa shape index (κ1) is 21.7. The third-order valence-electron chi connectivity index (χ3n) is 5.91. The van der Waals surface area contributed by atoms with Crippen molar-refractivity contribution in [2.45, 2.75) is 33.2 Å². The molecule has 1 aromatic heterocycles. The fourth-order valence-corrected chi connectivity index (χ4v) is 4.04. The molecule has 1 saturated heterocycles. The third-order valence-corrected chi connectivity index (χ3v) is 5.91. The van der Waals surface area contributed by atoms with Gasteiger partial charge in [-0.1, -0.05) is 35.0 Å². The molecule has 3 N–H and O–H groups in total. The third kappa shape index (κ3) is 4.86. The van der Waals surface area contributed by atoms with Crippen LogP contribution in [0.25, 0.3) is 5.69 Å². The Morgan fingerprint density at radius 1 is 1.09 bits per heavy atom. The second kappa shape index (κ2) is 9.32. The predicted octanol–water partition coefficient (Wildman–Crippen LogP) is 2.83. The summed E-state index contributed by atoms with van der Waals surface area (Å²) in [4.78, 5) is 26.5. The van der Waals surface area contributed by atoms with E-state index in [1.54, 1.807) is 4.68 Å². The number of likely N-dealkylation sites (tertiary alicyclic amines) is 1. The van der Waals surface area contributed by atoms with Crippen molar-refractivity contribution in [3.63, 3.8) is 0 Å². The topological polar surface area (TPSA) is 106 Å². The highest BCUT2D eigenvalue weighted by Gasteiger charge is 2.24. The molecule has 0 aliphatic carbocycles. The van der Waals surface area contributed by atoms with Crippen LogP contribution in [0.4, 0.5) is 5.69 Å². The number of aromatic nitrogens is 3. The molecule has 1 unspecified atom stereocenters. The predicted molar refractivity (Wildman–Crippen MR) is 122 cm³/mol. The molecule has 1 fully saturated rings. The molecule has 1 atom stereocenters. The largest absolute Gasteiger partial charge is 0.369 e. The fraction of sp³-hybridized carbons (Fsp3) is 0.333. The summed E-state index contributed by atoms with van der Waals surface area (Å²) in [7, 11) is 0. The first-order chi connectivity index (χ1) is 15.4. The lowest BCUT2D eigenvalue weighted by molar-refractivity contribution is -0.123. The molecule has 2 amide bonds. The van der Waals surface area contributed by atoms with Crippen LogP contribution in [0.5, 0.6) is 0 Å². The number of piperidine rings is 1. The summed E-state index contributed by atoms with van der Waals surface area (Å²) in [5.74, 6) is -0.588. The van der Waals surface area contributed by atoms with Gasteiger partial charge in [0.05, 0.1) is 17.3 Å². The first-order valence-corrected chi connectivity index (χ1v) is 10.8. The highest BCUT2D eigenvalue weighted by molar-refractivity contribution is 6.03. The number of rotatable bonds is 6. The van der Waals surface area contributed by atoms with E-state index in [9.17, 15) is 9.59 Å². The minimum absolute atomic E-state index is 0.0705. The molecule has 1 aliphatic heterocycles. The lowest BCUT2D eigenvalue weighted by Gasteiger charge is -2.31. The standard InChI is InChI=1S/C24H28N6O2/c1-16-5-11-21(12-6-16)30-17(2)22(27-28-30)24(32)26-20-9-7-18(8-10-20)14-29-13-3-4-19(15-29)23(25)31/h5-12,19H,3-4,13-15H2,1-2H3,(H2,25,31)(H,26,32). The fourth-order valence-electron chi connectivity index (χ4n) is 4.04. The van der Waals surface area contributed by atoms with Gasteiger partial charge in [-0.15, -0.1) is 5.10 Å². The summed E-state index contributed by atoms with van der Waals surface area (Å²) in [6.07, 6.45) is 1.84. The number of nitrogens with one attached hydrogen (secondary N) is 1. The summed E-state index contributed by atoms with van der Waals surface area (Å²) < 4.78 is 1.66. The van der Waals surface area contributed by atoms with Gasteiger partial charge in [0.25, 0.3) is 5.91 Å². The van der Waals surface area contributed by atoms with Crippen molar-refractivity contribution in [3.05, 3.63) is 71.0 Å². The van der Waals surface area contributed by atoms with Crippen molar-refractivity contribution in [2.75, 3.05) is 18.4 Å². The quantitative estimate of drug-likeness (QED) is 0.623. The molecular weight excluding hydrogens is 404 g/mol. The zero-order chi connectivity index (χ0) is 22.7. The number of anilines is 1. The van der Waals surface area contributed by atoms with E-state index >= 15 is 0 Å². The SMILES string of the molecule is Cc1ccc(-n2nnc(C(=O)Nc3ccc(CN4CCCC(C(N)=O)C4)cc3)c2C)cc1. The van der Waals surface area contributed by atoms with Gasteiger partial charge >= 0.3 is 0 Å². The van der Waals surface area contributed by atoms with E-state index in [4.69, 9.17) is 5.73 Å². The first-order valence-electron chi connectivity index (χ1n) is 10.8. The van der Waals surface area contributed by atoms with E-state index in [-0.39, 0.29) is 17.7 Å². The minimum Gasteiger partial charge on any atom is -0.369 e. The smallest absolute Gasteiger partial charge is 0.278 e. The zero-order valence-electron chi connectivity index (χ0n) is 18.4. The molecule has 0 saturated carbocycles. The van der Waals surface area contributed by atoms with Crippen molar-refractivity contribution in [1.82, 2.24) is 19.9 Å². The molecule has 8 nitrogen and oxygen atoms in total. The lowest BCUT2D eigenvalue weighted by atomic mass is 9.97. The number of hydrogen-bond acceptors (Lipinski definition) is 5. The normalized spacial score (nSPS) is 16.6. The number of benzene rings is 2. The zero-order valence-corrected chi connectivity index (χ0v) is 18.4. The van der Waals surface area contributed by atoms with Crippen molar-refractivity contribution >= 4 is 17.5 Å². The van der Waals surface area contributed by atoms with Gasteiger partial charge in [0.1, 0.15) is 0 Å². The second-order valence-electron chi connectivity index (χ2n) is 8.40. The number of carbonyl (C=O) groups is 2. The molecule has 4 rings (SSSR count). The minimum atomic E-state index is -0.297. The molecule has 2 aromatic carbocycles. The van der Waals surface area contributed by atoms with Crippen molar-refractivity contribution in [2.24, 2.45) is 11.7 Å². The highest BCUT2D eigenvalue weighted by atomic mass is 16.2. The van der Waals surface area contributed by atoms with Crippen molar-refractivity contribution in [1.29, 1.82) is 0 Å². The number of primary amides is 1. The number of carbonyl (C=O) groups excluding carboxylic acids is 2. The van der Waals surface area contributed by atoms with Crippen LogP contribution >= 0.6 is 0 Å². The van der Waals surface area contributed by atoms with Crippen LogP contribution in [-0.2, 0) is 11.3 Å². The Balaban J connectivity index is 1.39. The van der Waals surface area contributed by atoms with Crippen LogP contribution in [0.2, 0.25) is 0 Å². The van der Waals surface area contributed by atoms with E-state index in [0.29, 0.717) is 23.6 Å². The maximum Gasteiger partial charge on any atom is 0.278 e. The molecule has 8 heteroatoms. The number of hydrogen-bond donors (Lipinski definition) is 2. The van der Waals surface area contributed by atoms with Crippen LogP contribution < -0.4 is 11.1 Å². The van der Waals surface area contributed by atoms with Gasteiger partial charge < -0.3 is 11.1 Å². The van der Waals surface area contributed by atoms with E-state index in [0.717, 1.165) is 42.7 Å². The number of amides is 2. The van der Waals surface area contributed by atoms with E-state index in [1.165, 1.54) is 0 Å². The van der Waals surface area contributed by atoms with Gasteiger partial charge in [-0.3, -0.25) is 14.5 Å². The van der Waals surface area contributed by atoms with Crippen LogP contribution in [0.1, 0.15) is 40.2 Å². The Bertz CT molecular complexity index is 1100. The van der Waals surface area contributed by atoms with Crippen LogP contribution in [0, 0.1) is 19.8 Å². The van der Waals surface area contributed by atoms with Gasteiger partial charge in [-0.2, -0.15) is 0 Å². The Morgan fingerprint density at radius 2 is 1.81 bits per heavy atom. The Hall–Kier alpha value is -3.52. The molecule has 2 heterocycles. The Morgan fingerprint density at radius 3 is 2.50 bits per heavy atom. The van der Waals surface area contributed by atoms with E-state index in [2.05, 4.69) is 20.5 Å². The van der Waals surface area contributed by atoms with Crippen LogP contribution in [0.3, 0.4) is 0 Å². The van der Waals surface area contributed by atoms with E-state index < -0.39 is 0 Å². The molecule has 0 radical (unpaired) electrons. The van der Waals surface area contributed by atoms with Gasteiger partial charge in [0, 0.05) is 18.8 Å². The summed E-state index contributed by atoms with van der Waals surface area (Å²) in [6.45, 7) is 6.26.